The third-order valence-electron chi connectivity index (χ3n) is 4.80. The Morgan fingerprint density at radius 1 is 1.00 bits per heavy atom. The lowest BCUT2D eigenvalue weighted by molar-refractivity contribution is 0.0945. The molecule has 168 valence electrons. The number of nitrogens with one attached hydrogen (secondary N) is 3. The fourth-order valence-corrected chi connectivity index (χ4v) is 4.12. The van der Waals surface area contributed by atoms with E-state index in [2.05, 4.69) is 37.0 Å². The Labute approximate surface area is 190 Å². The highest BCUT2D eigenvalue weighted by molar-refractivity contribution is 7.22. The molecule has 0 spiro atoms. The van der Waals surface area contributed by atoms with Gasteiger partial charge in [0.05, 0.1) is 21.3 Å². The minimum absolute atomic E-state index is 0.127. The molecule has 0 saturated heterocycles. The molecule has 2 heterocycles. The van der Waals surface area contributed by atoms with Crippen molar-refractivity contribution in [2.24, 2.45) is 0 Å². The first kappa shape index (κ1) is 22.2. The molecule has 0 atom stereocenters. The Balaban J connectivity index is 1.59. The minimum Gasteiger partial charge on any atom is -0.396 e. The highest BCUT2D eigenvalue weighted by Crippen LogP contribution is 2.30. The van der Waals surface area contributed by atoms with E-state index >= 15 is 0 Å². The molecule has 5 N–H and O–H groups in total. The SMILES string of the molecule is Cc1ccc2nc(Nc3ccc4nc(NCC(C)(C)O)sc4c3)nc(NCCCO)c2c1. The smallest absolute Gasteiger partial charge is 0.229 e. The van der Waals surface area contributed by atoms with Gasteiger partial charge in [0, 0.05) is 30.8 Å². The van der Waals surface area contributed by atoms with Crippen LogP contribution in [-0.2, 0) is 0 Å². The van der Waals surface area contributed by atoms with Crippen molar-refractivity contribution >= 4 is 55.0 Å². The number of aromatic nitrogens is 3. The van der Waals surface area contributed by atoms with Crippen LogP contribution in [0.5, 0.6) is 0 Å². The Hall–Kier alpha value is -3.01. The molecule has 0 bridgehead atoms. The van der Waals surface area contributed by atoms with Gasteiger partial charge in [-0.1, -0.05) is 23.0 Å². The normalized spacial score (nSPS) is 11.8. The maximum absolute atomic E-state index is 9.92. The fourth-order valence-electron chi connectivity index (χ4n) is 3.22. The summed E-state index contributed by atoms with van der Waals surface area (Å²) in [4.78, 5) is 13.9. The van der Waals surface area contributed by atoms with E-state index in [1.165, 1.54) is 11.3 Å². The molecule has 8 nitrogen and oxygen atoms in total. The van der Waals surface area contributed by atoms with Gasteiger partial charge < -0.3 is 26.2 Å². The number of thiazole rings is 1. The first-order valence-electron chi connectivity index (χ1n) is 10.6. The van der Waals surface area contributed by atoms with Gasteiger partial charge in [0.1, 0.15) is 5.82 Å². The second kappa shape index (κ2) is 9.23. The van der Waals surface area contributed by atoms with Crippen LogP contribution in [0.4, 0.5) is 22.6 Å². The monoisotopic (exact) mass is 452 g/mol. The Morgan fingerprint density at radius 3 is 2.59 bits per heavy atom. The average Bonchev–Trinajstić information content (AvgIpc) is 3.15. The van der Waals surface area contributed by atoms with Crippen LogP contribution in [0.15, 0.2) is 36.4 Å². The molecule has 2 aromatic heterocycles. The number of hydrogen-bond donors (Lipinski definition) is 5. The van der Waals surface area contributed by atoms with E-state index < -0.39 is 5.60 Å². The van der Waals surface area contributed by atoms with E-state index in [1.54, 1.807) is 13.8 Å². The van der Waals surface area contributed by atoms with E-state index in [9.17, 15) is 5.11 Å². The summed E-state index contributed by atoms with van der Waals surface area (Å²) in [5.41, 5.74) is 2.93. The van der Waals surface area contributed by atoms with Gasteiger partial charge in [-0.2, -0.15) is 4.98 Å². The fraction of sp³-hybridized carbons (Fsp3) is 0.348. The summed E-state index contributed by atoms with van der Waals surface area (Å²) < 4.78 is 1.02. The second-order valence-corrected chi connectivity index (χ2v) is 9.44. The number of rotatable bonds is 9. The molecule has 2 aromatic carbocycles. The van der Waals surface area contributed by atoms with Crippen LogP contribution in [0.1, 0.15) is 25.8 Å². The van der Waals surface area contributed by atoms with Crippen molar-refractivity contribution in [2.75, 3.05) is 35.6 Å². The number of aliphatic hydroxyl groups excluding tert-OH is 1. The van der Waals surface area contributed by atoms with Crippen molar-refractivity contribution < 1.29 is 10.2 Å². The summed E-state index contributed by atoms with van der Waals surface area (Å²) in [5.74, 6) is 1.24. The van der Waals surface area contributed by atoms with Gasteiger partial charge in [-0.3, -0.25) is 0 Å². The molecule has 0 fully saturated rings. The molecule has 0 aliphatic heterocycles. The molecule has 0 aliphatic carbocycles. The summed E-state index contributed by atoms with van der Waals surface area (Å²) >= 11 is 1.53. The van der Waals surface area contributed by atoms with Crippen LogP contribution in [0, 0.1) is 6.92 Å². The number of anilines is 4. The Kier molecular flexibility index (Phi) is 6.40. The molecule has 0 unspecified atom stereocenters. The van der Waals surface area contributed by atoms with E-state index in [0.717, 1.165) is 43.3 Å². The van der Waals surface area contributed by atoms with Crippen LogP contribution in [0.25, 0.3) is 21.1 Å². The Bertz CT molecular complexity index is 1230. The summed E-state index contributed by atoms with van der Waals surface area (Å²) in [5, 5.41) is 30.6. The zero-order chi connectivity index (χ0) is 22.7. The van der Waals surface area contributed by atoms with Gasteiger partial charge in [0.2, 0.25) is 5.95 Å². The molecule has 0 saturated carbocycles. The highest BCUT2D eigenvalue weighted by Gasteiger charge is 2.14. The molecule has 0 amide bonds. The molecular formula is C23H28N6O2S. The van der Waals surface area contributed by atoms with Gasteiger partial charge in [0.25, 0.3) is 0 Å². The summed E-state index contributed by atoms with van der Waals surface area (Å²) in [7, 11) is 0. The maximum Gasteiger partial charge on any atom is 0.229 e. The minimum atomic E-state index is -0.806. The zero-order valence-electron chi connectivity index (χ0n) is 18.4. The number of aliphatic hydroxyl groups is 2. The zero-order valence-corrected chi connectivity index (χ0v) is 19.3. The van der Waals surface area contributed by atoms with Gasteiger partial charge in [-0.05, 0) is 57.5 Å². The molecule has 0 aliphatic rings. The molecule has 32 heavy (non-hydrogen) atoms. The van der Waals surface area contributed by atoms with Crippen LogP contribution in [-0.4, -0.2) is 50.5 Å². The lowest BCUT2D eigenvalue weighted by Gasteiger charge is -2.16. The standard InChI is InChI=1S/C23H28N6O2S/c1-14-5-7-17-16(11-14)20(24-9-4-10-30)29-21(27-17)26-15-6-8-18-19(12-15)32-22(28-18)25-13-23(2,3)31/h5-8,11-12,30-31H,4,9-10,13H2,1-3H3,(H,25,28)(H2,24,26,27,29). The van der Waals surface area contributed by atoms with Crippen molar-refractivity contribution in [3.05, 3.63) is 42.0 Å². The van der Waals surface area contributed by atoms with E-state index in [4.69, 9.17) is 5.11 Å². The third-order valence-corrected chi connectivity index (χ3v) is 5.77. The van der Waals surface area contributed by atoms with Crippen molar-refractivity contribution in [1.29, 1.82) is 0 Å². The van der Waals surface area contributed by atoms with Crippen molar-refractivity contribution in [3.8, 4) is 0 Å². The number of aryl methyl sites for hydroxylation is 1. The first-order chi connectivity index (χ1) is 15.3. The van der Waals surface area contributed by atoms with Gasteiger partial charge in [-0.25, -0.2) is 9.97 Å². The molecular weight excluding hydrogens is 424 g/mol. The summed E-state index contributed by atoms with van der Waals surface area (Å²) in [6.45, 7) is 6.73. The van der Waals surface area contributed by atoms with Gasteiger partial charge in [-0.15, -0.1) is 0 Å². The van der Waals surface area contributed by atoms with Crippen molar-refractivity contribution in [3.63, 3.8) is 0 Å². The van der Waals surface area contributed by atoms with E-state index in [1.807, 2.05) is 37.3 Å². The van der Waals surface area contributed by atoms with Gasteiger partial charge in [0.15, 0.2) is 5.13 Å². The third kappa shape index (κ3) is 5.42. The maximum atomic E-state index is 9.92. The number of benzene rings is 2. The second-order valence-electron chi connectivity index (χ2n) is 8.41. The average molecular weight is 453 g/mol. The molecule has 4 rings (SSSR count). The van der Waals surface area contributed by atoms with E-state index in [-0.39, 0.29) is 6.61 Å². The largest absolute Gasteiger partial charge is 0.396 e. The van der Waals surface area contributed by atoms with Crippen LogP contribution < -0.4 is 16.0 Å². The highest BCUT2D eigenvalue weighted by atomic mass is 32.1. The first-order valence-corrected chi connectivity index (χ1v) is 11.4. The predicted molar refractivity (Wildman–Crippen MR) is 132 cm³/mol. The topological polar surface area (TPSA) is 115 Å². The molecule has 9 heteroatoms. The quantitative estimate of drug-likeness (QED) is 0.239. The van der Waals surface area contributed by atoms with Crippen molar-refractivity contribution in [2.45, 2.75) is 32.8 Å². The number of nitrogens with zero attached hydrogens (tertiary/aromatic N) is 3. The van der Waals surface area contributed by atoms with Crippen molar-refractivity contribution in [1.82, 2.24) is 15.0 Å². The van der Waals surface area contributed by atoms with Gasteiger partial charge >= 0.3 is 0 Å². The number of fused-ring (bicyclic) bond motifs is 2. The summed E-state index contributed by atoms with van der Waals surface area (Å²) in [6, 6.07) is 12.0. The van der Waals surface area contributed by atoms with Crippen LogP contribution >= 0.6 is 11.3 Å². The van der Waals surface area contributed by atoms with E-state index in [0.29, 0.717) is 25.5 Å². The molecule has 0 radical (unpaired) electrons. The Morgan fingerprint density at radius 2 is 1.81 bits per heavy atom. The molecule has 4 aromatic rings. The van der Waals surface area contributed by atoms with Crippen LogP contribution in [0.2, 0.25) is 0 Å². The lowest BCUT2D eigenvalue weighted by atomic mass is 10.1. The number of hydrogen-bond acceptors (Lipinski definition) is 9. The lowest BCUT2D eigenvalue weighted by Crippen LogP contribution is -2.29. The summed E-state index contributed by atoms with van der Waals surface area (Å²) in [6.07, 6.45) is 0.645. The predicted octanol–water partition coefficient (Wildman–Crippen LogP) is 4.27. The van der Waals surface area contributed by atoms with Crippen LogP contribution in [0.3, 0.4) is 0 Å².